The van der Waals surface area contributed by atoms with Crippen molar-refractivity contribution in [1.82, 2.24) is 23.7 Å². The third-order valence-electron chi connectivity index (χ3n) is 22.1. The second kappa shape index (κ2) is 22.6. The third kappa shape index (κ3) is 8.95. The van der Waals surface area contributed by atoms with Crippen LogP contribution in [0.25, 0.3) is 226 Å². The van der Waals surface area contributed by atoms with Gasteiger partial charge in [0.05, 0.1) is 44.3 Å². The number of para-hydroxylation sites is 6. The summed E-state index contributed by atoms with van der Waals surface area (Å²) in [5.74, 6) is 0.631. The maximum absolute atomic E-state index is 6.41. The molecule has 7 aromatic heterocycles. The topological polar surface area (TPSA) is 80.0 Å². The normalized spacial score (nSPS) is 12.2. The zero-order valence-electron chi connectivity index (χ0n) is 56.9. The second-order valence-corrected chi connectivity index (χ2v) is 28.0. The summed E-state index contributed by atoms with van der Waals surface area (Å²) in [5, 5.41) is 14.8. The molecule has 0 atom stereocenters. The molecule has 23 aromatic rings. The number of hydrogen-bond donors (Lipinski definition) is 0. The fourth-order valence-corrected chi connectivity index (χ4v) is 17.0. The zero-order chi connectivity index (χ0) is 69.2. The van der Waals surface area contributed by atoms with Crippen molar-refractivity contribution in [3.63, 3.8) is 0 Å². The van der Waals surface area contributed by atoms with Crippen molar-refractivity contribution in [2.24, 2.45) is 0 Å². The van der Waals surface area contributed by atoms with Gasteiger partial charge < -0.3 is 27.0 Å². The first-order chi connectivity index (χ1) is 52.5. The van der Waals surface area contributed by atoms with Gasteiger partial charge in [0.1, 0.15) is 33.5 Å². The highest BCUT2D eigenvalue weighted by Gasteiger charge is 2.22. The van der Waals surface area contributed by atoms with Gasteiger partial charge in [0, 0.05) is 98.2 Å². The number of hydrogen-bond acceptors (Lipinski definition) is 5. The van der Waals surface area contributed by atoms with Crippen LogP contribution in [0.1, 0.15) is 0 Å². The lowest BCUT2D eigenvalue weighted by molar-refractivity contribution is 0.668. The summed E-state index contributed by atoms with van der Waals surface area (Å²) >= 11 is 0. The van der Waals surface area contributed by atoms with Gasteiger partial charge in [-0.15, -0.1) is 0 Å². The Morgan fingerprint density at radius 3 is 0.953 bits per heavy atom. The fourth-order valence-electron chi connectivity index (χ4n) is 17.0. The van der Waals surface area contributed by atoms with E-state index in [0.29, 0.717) is 5.82 Å². The van der Waals surface area contributed by atoms with E-state index in [-0.39, 0.29) is 0 Å². The smallest absolute Gasteiger partial charge is 0.160 e. The van der Waals surface area contributed by atoms with Crippen LogP contribution in [-0.2, 0) is 0 Å². The minimum Gasteiger partial charge on any atom is -0.456 e. The Balaban J connectivity index is 0.653. The molecule has 0 fully saturated rings. The molecule has 8 nitrogen and oxygen atoms in total. The molecular weight excluding hydrogens is 1300 g/mol. The van der Waals surface area contributed by atoms with E-state index in [9.17, 15) is 0 Å². The monoisotopic (exact) mass is 1350 g/mol. The third-order valence-corrected chi connectivity index (χ3v) is 22.1. The second-order valence-electron chi connectivity index (χ2n) is 28.0. The van der Waals surface area contributed by atoms with Crippen LogP contribution in [0, 0.1) is 0 Å². The van der Waals surface area contributed by atoms with E-state index in [4.69, 9.17) is 23.2 Å². The molecule has 0 saturated heterocycles. The summed E-state index contributed by atoms with van der Waals surface area (Å²) < 4.78 is 26.4. The van der Waals surface area contributed by atoms with Crippen molar-refractivity contribution in [3.05, 3.63) is 346 Å². The summed E-state index contributed by atoms with van der Waals surface area (Å²) in [6.07, 6.45) is 0. The Kier molecular flexibility index (Phi) is 12.4. The average molecular weight is 1350 g/mol. The van der Waals surface area contributed by atoms with E-state index in [1.165, 1.54) is 32.3 Å². The lowest BCUT2D eigenvalue weighted by atomic mass is 9.99. The summed E-state index contributed by atoms with van der Waals surface area (Å²) in [5.41, 5.74) is 27.5. The molecule has 0 amide bonds. The minimum absolute atomic E-state index is 0.631. The zero-order valence-corrected chi connectivity index (χ0v) is 56.9. The minimum atomic E-state index is 0.631. The van der Waals surface area contributed by atoms with Crippen LogP contribution in [-0.4, -0.2) is 23.7 Å². The summed E-state index contributed by atoms with van der Waals surface area (Å²) in [7, 11) is 0. The van der Waals surface area contributed by atoms with Crippen LogP contribution in [0.2, 0.25) is 0 Å². The predicted molar refractivity (Wildman–Crippen MR) is 437 cm³/mol. The maximum atomic E-state index is 6.41. The lowest BCUT2D eigenvalue weighted by Gasteiger charge is -2.14. The number of fused-ring (bicyclic) bond motifs is 19. The molecule has 0 bridgehead atoms. The maximum Gasteiger partial charge on any atom is 0.160 e. The van der Waals surface area contributed by atoms with E-state index in [0.717, 1.165) is 188 Å². The molecule has 0 saturated carbocycles. The van der Waals surface area contributed by atoms with Gasteiger partial charge >= 0.3 is 0 Å². The lowest BCUT2D eigenvalue weighted by Crippen LogP contribution is -1.99. The van der Waals surface area contributed by atoms with Crippen LogP contribution in [0.5, 0.6) is 0 Å². The molecule has 0 N–H and O–H groups in total. The molecule has 106 heavy (non-hydrogen) atoms. The molecule has 0 aliphatic heterocycles. The average Bonchev–Trinajstić information content (AvgIpc) is 1.59. The highest BCUT2D eigenvalue weighted by molar-refractivity contribution is 6.15. The van der Waals surface area contributed by atoms with Crippen LogP contribution in [0.15, 0.2) is 359 Å². The van der Waals surface area contributed by atoms with Crippen LogP contribution < -0.4 is 0 Å². The Labute approximate surface area is 605 Å². The van der Waals surface area contributed by atoms with Gasteiger partial charge in [0.15, 0.2) is 5.82 Å². The molecule has 8 heteroatoms. The molecule has 0 spiro atoms. The molecule has 16 aromatic carbocycles. The Morgan fingerprint density at radius 1 is 0.179 bits per heavy atom. The number of rotatable bonds is 9. The van der Waals surface area contributed by atoms with Gasteiger partial charge in [0.25, 0.3) is 0 Å². The van der Waals surface area contributed by atoms with Crippen molar-refractivity contribution < 1.29 is 13.3 Å². The van der Waals surface area contributed by atoms with E-state index >= 15 is 0 Å². The summed E-state index contributed by atoms with van der Waals surface area (Å²) in [4.78, 5) is 11.2. The SMILES string of the molecule is c1cc(-c2nc(-c3ccc(-n4c5ccccc5c5ccc(-c6ccc7c(c6)oc6ccccc67)cc54)cc3)c3cc(-c4ccc(-n5c6ccccc6c6ccc(-c7ccc8c(c7)oc7ccccc78)cc65)cc4)ccc3n2)cc(-n2c3ccccc3c3ccc(-c4ccc5c(c4)oc4ccccc45)cc32)c1. The molecule has 0 unspecified atom stereocenters. The van der Waals surface area contributed by atoms with Crippen LogP contribution in [0.4, 0.5) is 0 Å². The van der Waals surface area contributed by atoms with E-state index in [2.05, 4.69) is 323 Å². The molecule has 0 aliphatic rings. The Hall–Kier alpha value is -14.3. The standard InChI is InChI=1S/C98H57N5O3/c1-7-22-85-71(16-1)74-43-32-61(64-35-46-80-77-19-4-10-25-91(77)104-94(80)55-64)52-88(74)101(85)68-39-28-58(29-40-68)60-38-49-84-83(51-60)97(59-30-41-69(42-31-59)102-86-23-8-2-17-72(86)75-44-33-62(53-89(75)102)65-36-47-81-78-20-5-11-26-92(78)105-95(81)56-65)100-98(99-84)67-14-13-15-70(50-67)103-87-24-9-3-18-73(87)76-45-34-63(54-90(76)103)66-37-48-82-79-21-6-12-27-93(79)106-96(82)57-66/h1-57H. The van der Waals surface area contributed by atoms with Gasteiger partial charge in [-0.05, 0) is 184 Å². The molecule has 7 heterocycles. The highest BCUT2D eigenvalue weighted by Crippen LogP contribution is 2.44. The van der Waals surface area contributed by atoms with Crippen molar-refractivity contribution >= 4 is 142 Å². The quantitative estimate of drug-likeness (QED) is 0.144. The molecule has 492 valence electrons. The first kappa shape index (κ1) is 58.3. The van der Waals surface area contributed by atoms with Gasteiger partial charge in [0.2, 0.25) is 0 Å². The Morgan fingerprint density at radius 2 is 0.509 bits per heavy atom. The number of nitrogens with zero attached hydrogens (tertiary/aromatic N) is 5. The summed E-state index contributed by atoms with van der Waals surface area (Å²) in [6.45, 7) is 0. The van der Waals surface area contributed by atoms with Gasteiger partial charge in [-0.25, -0.2) is 9.97 Å². The fraction of sp³-hybridized carbons (Fsp3) is 0. The van der Waals surface area contributed by atoms with E-state index in [1.807, 2.05) is 36.4 Å². The summed E-state index contributed by atoms with van der Waals surface area (Å²) in [6, 6.07) is 124. The van der Waals surface area contributed by atoms with Gasteiger partial charge in [-0.1, -0.05) is 206 Å². The van der Waals surface area contributed by atoms with Crippen molar-refractivity contribution in [2.75, 3.05) is 0 Å². The predicted octanol–water partition coefficient (Wildman–Crippen LogP) is 26.6. The Bertz CT molecular complexity index is 7650. The van der Waals surface area contributed by atoms with Gasteiger partial charge in [-0.3, -0.25) is 0 Å². The van der Waals surface area contributed by atoms with Crippen molar-refractivity contribution in [1.29, 1.82) is 0 Å². The largest absolute Gasteiger partial charge is 0.456 e. The van der Waals surface area contributed by atoms with Crippen molar-refractivity contribution in [3.8, 4) is 84.2 Å². The highest BCUT2D eigenvalue weighted by atomic mass is 16.3. The first-order valence-corrected chi connectivity index (χ1v) is 36.0. The number of furan rings is 3. The van der Waals surface area contributed by atoms with Crippen molar-refractivity contribution in [2.45, 2.75) is 0 Å². The molecular formula is C98H57N5O3. The van der Waals surface area contributed by atoms with Gasteiger partial charge in [-0.2, -0.15) is 0 Å². The molecule has 0 aliphatic carbocycles. The molecule has 0 radical (unpaired) electrons. The first-order valence-electron chi connectivity index (χ1n) is 36.0. The van der Waals surface area contributed by atoms with E-state index in [1.54, 1.807) is 0 Å². The molecule has 23 rings (SSSR count). The number of aromatic nitrogens is 5. The number of benzene rings is 16. The van der Waals surface area contributed by atoms with Crippen LogP contribution >= 0.6 is 0 Å². The van der Waals surface area contributed by atoms with Crippen LogP contribution in [0.3, 0.4) is 0 Å². The van der Waals surface area contributed by atoms with E-state index < -0.39 is 0 Å².